The number of benzene rings is 2. The van der Waals surface area contributed by atoms with Gasteiger partial charge in [-0.15, -0.1) is 0 Å². The number of unbranched alkanes of at least 4 members (excludes halogenated alkanes) is 1. The van der Waals surface area contributed by atoms with Crippen LogP contribution in [0.1, 0.15) is 42.6 Å². The number of carbonyl (C=O) groups is 1. The Morgan fingerprint density at radius 2 is 1.79 bits per heavy atom. The van der Waals surface area contributed by atoms with Gasteiger partial charge in [-0.1, -0.05) is 42.5 Å². The van der Waals surface area contributed by atoms with E-state index in [9.17, 15) is 4.79 Å². The quantitative estimate of drug-likeness (QED) is 0.292. The molecule has 0 radical (unpaired) electrons. The van der Waals surface area contributed by atoms with E-state index in [1.54, 1.807) is 19.5 Å². The van der Waals surface area contributed by atoms with E-state index in [1.165, 1.54) is 5.56 Å². The second kappa shape index (κ2) is 9.56. The number of ketones is 1. The highest BCUT2D eigenvalue weighted by molar-refractivity contribution is 5.95. The van der Waals surface area contributed by atoms with Crippen LogP contribution in [0.25, 0.3) is 11.1 Å². The molecule has 0 aliphatic carbocycles. The predicted octanol–water partition coefficient (Wildman–Crippen LogP) is 5.00. The van der Waals surface area contributed by atoms with Crippen LogP contribution in [0.2, 0.25) is 0 Å². The number of carbonyl (C=O) groups excluding carboxylic acids is 1. The van der Waals surface area contributed by atoms with Crippen LogP contribution < -0.4 is 0 Å². The normalized spacial score (nSPS) is 11.4. The van der Waals surface area contributed by atoms with Gasteiger partial charge in [0.05, 0.1) is 0 Å². The number of aryl methyl sites for hydroxylation is 1. The van der Waals surface area contributed by atoms with Gasteiger partial charge in [-0.2, -0.15) is 0 Å². The number of hydrogen-bond acceptors (Lipinski definition) is 2. The van der Waals surface area contributed by atoms with Crippen molar-refractivity contribution in [2.45, 2.75) is 33.1 Å². The lowest BCUT2D eigenvalue weighted by Gasteiger charge is -2.07. The first-order valence-electron chi connectivity index (χ1n) is 8.37. The molecule has 0 saturated heterocycles. The van der Waals surface area contributed by atoms with Crippen molar-refractivity contribution in [2.75, 3.05) is 6.54 Å². The zero-order valence-electron chi connectivity index (χ0n) is 14.4. The van der Waals surface area contributed by atoms with Crippen molar-refractivity contribution in [3.8, 4) is 11.1 Å². The van der Waals surface area contributed by atoms with Gasteiger partial charge in [0.2, 0.25) is 0 Å². The van der Waals surface area contributed by atoms with Crippen molar-refractivity contribution < 1.29 is 4.79 Å². The molecule has 2 rings (SSSR count). The molecule has 0 unspecified atom stereocenters. The van der Waals surface area contributed by atoms with Crippen molar-refractivity contribution in [2.24, 2.45) is 9.98 Å². The average Bonchev–Trinajstić information content (AvgIpc) is 2.61. The number of Topliss-reactive ketones (excluding diaryl/α,β-unsaturated/α-hetero) is 1. The highest BCUT2D eigenvalue weighted by Gasteiger charge is 2.03. The summed E-state index contributed by atoms with van der Waals surface area (Å²) in [6, 6.07) is 16.4. The molecule has 0 atom stereocenters. The van der Waals surface area contributed by atoms with Crippen molar-refractivity contribution in [1.82, 2.24) is 0 Å². The predicted molar refractivity (Wildman–Crippen MR) is 102 cm³/mol. The summed E-state index contributed by atoms with van der Waals surface area (Å²) in [6.07, 6.45) is 6.54. The first-order chi connectivity index (χ1) is 11.7. The topological polar surface area (TPSA) is 41.8 Å². The minimum Gasteiger partial charge on any atom is -0.295 e. The summed E-state index contributed by atoms with van der Waals surface area (Å²) in [6.45, 7) is 4.30. The number of hydrogen-bond donors (Lipinski definition) is 0. The lowest BCUT2D eigenvalue weighted by molar-refractivity contribution is 0.101. The summed E-state index contributed by atoms with van der Waals surface area (Å²) in [5.74, 6) is 0.0981. The van der Waals surface area contributed by atoms with Gasteiger partial charge in [0, 0.05) is 18.3 Å². The fourth-order valence-corrected chi connectivity index (χ4v) is 2.53. The van der Waals surface area contributed by atoms with Crippen LogP contribution in [-0.2, 0) is 6.42 Å². The molecule has 0 fully saturated rings. The second-order valence-corrected chi connectivity index (χ2v) is 5.72. The van der Waals surface area contributed by atoms with Crippen LogP contribution in [0.15, 0.2) is 58.5 Å². The Kier molecular flexibility index (Phi) is 7.09. The Labute approximate surface area is 144 Å². The highest BCUT2D eigenvalue weighted by Crippen LogP contribution is 2.22. The highest BCUT2D eigenvalue weighted by atomic mass is 16.1. The maximum absolute atomic E-state index is 11.5. The Bertz CT molecular complexity index is 732. The van der Waals surface area contributed by atoms with Crippen molar-refractivity contribution in [3.63, 3.8) is 0 Å². The van der Waals surface area contributed by atoms with E-state index in [1.807, 2.05) is 25.1 Å². The fraction of sp³-hybridized carbons (Fsp3) is 0.286. The van der Waals surface area contributed by atoms with Gasteiger partial charge in [0.1, 0.15) is 6.34 Å². The molecule has 3 heteroatoms. The van der Waals surface area contributed by atoms with Crippen LogP contribution in [0.5, 0.6) is 0 Å². The zero-order chi connectivity index (χ0) is 17.2. The number of aliphatic imine (C=N–C) groups is 2. The van der Waals surface area contributed by atoms with Gasteiger partial charge in [-0.3, -0.25) is 9.79 Å². The molecule has 0 spiro atoms. The second-order valence-electron chi connectivity index (χ2n) is 5.72. The molecule has 0 heterocycles. The van der Waals surface area contributed by atoms with E-state index >= 15 is 0 Å². The Morgan fingerprint density at radius 3 is 2.54 bits per heavy atom. The van der Waals surface area contributed by atoms with E-state index in [4.69, 9.17) is 0 Å². The van der Waals surface area contributed by atoms with Crippen molar-refractivity contribution >= 4 is 18.3 Å². The van der Waals surface area contributed by atoms with Crippen LogP contribution >= 0.6 is 0 Å². The molecule has 0 N–H and O–H groups in total. The molecule has 3 nitrogen and oxygen atoms in total. The smallest absolute Gasteiger partial charge is 0.159 e. The van der Waals surface area contributed by atoms with Gasteiger partial charge in [-0.25, -0.2) is 4.99 Å². The van der Waals surface area contributed by atoms with Crippen LogP contribution in [-0.4, -0.2) is 24.9 Å². The van der Waals surface area contributed by atoms with E-state index < -0.39 is 0 Å². The minimum absolute atomic E-state index is 0.0981. The monoisotopic (exact) mass is 320 g/mol. The maximum atomic E-state index is 11.5. The van der Waals surface area contributed by atoms with Gasteiger partial charge in [0.15, 0.2) is 5.78 Å². The number of rotatable bonds is 8. The Balaban J connectivity index is 1.96. The van der Waals surface area contributed by atoms with E-state index in [0.29, 0.717) is 0 Å². The summed E-state index contributed by atoms with van der Waals surface area (Å²) in [5.41, 5.74) is 4.32. The number of nitrogens with zero attached hydrogens (tertiary/aromatic N) is 2. The molecule has 2 aromatic carbocycles. The summed E-state index contributed by atoms with van der Waals surface area (Å²) in [7, 11) is 0. The first kappa shape index (κ1) is 17.8. The first-order valence-corrected chi connectivity index (χ1v) is 8.37. The fourth-order valence-electron chi connectivity index (χ4n) is 2.53. The molecule has 0 amide bonds. The molecule has 0 bridgehead atoms. The van der Waals surface area contributed by atoms with E-state index in [-0.39, 0.29) is 5.78 Å². The van der Waals surface area contributed by atoms with Crippen LogP contribution in [0, 0.1) is 0 Å². The van der Waals surface area contributed by atoms with Crippen LogP contribution in [0.3, 0.4) is 0 Å². The molecular formula is C21H24N2O. The van der Waals surface area contributed by atoms with Gasteiger partial charge in [-0.05, 0) is 55.9 Å². The lowest BCUT2D eigenvalue weighted by atomic mass is 9.98. The molecule has 0 aliphatic rings. The van der Waals surface area contributed by atoms with E-state index in [2.05, 4.69) is 40.3 Å². The van der Waals surface area contributed by atoms with Gasteiger partial charge < -0.3 is 0 Å². The van der Waals surface area contributed by atoms with Crippen molar-refractivity contribution in [3.05, 3.63) is 59.7 Å². The molecule has 124 valence electrons. The molecule has 24 heavy (non-hydrogen) atoms. The summed E-state index contributed by atoms with van der Waals surface area (Å²) in [4.78, 5) is 19.7. The average molecular weight is 320 g/mol. The molecule has 2 aromatic rings. The third-order valence-corrected chi connectivity index (χ3v) is 3.83. The molecule has 0 saturated carbocycles. The van der Waals surface area contributed by atoms with Gasteiger partial charge in [0.25, 0.3) is 0 Å². The third-order valence-electron chi connectivity index (χ3n) is 3.83. The summed E-state index contributed by atoms with van der Waals surface area (Å²) < 4.78 is 0. The minimum atomic E-state index is 0.0981. The molecular weight excluding hydrogens is 296 g/mol. The SMILES string of the molecule is C/C=N\C=N/CCCCc1cccc(-c2cccc(C(C)=O)c2)c1. The van der Waals surface area contributed by atoms with E-state index in [0.717, 1.165) is 42.5 Å². The summed E-state index contributed by atoms with van der Waals surface area (Å²) >= 11 is 0. The van der Waals surface area contributed by atoms with Gasteiger partial charge >= 0.3 is 0 Å². The molecule has 0 aliphatic heterocycles. The molecule has 0 aromatic heterocycles. The standard InChI is InChI=1S/C21H24N2O/c1-3-22-16-23-13-5-4-8-18-9-6-11-20(14-18)21-12-7-10-19(15-21)17(2)24/h3,6-7,9-12,14-16H,4-5,8,13H2,1-2H3/b22-3-,23-16-. The summed E-state index contributed by atoms with van der Waals surface area (Å²) in [5, 5.41) is 0. The zero-order valence-corrected chi connectivity index (χ0v) is 14.4. The maximum Gasteiger partial charge on any atom is 0.159 e. The Hall–Kier alpha value is -2.55. The lowest BCUT2D eigenvalue weighted by Crippen LogP contribution is -1.92. The van der Waals surface area contributed by atoms with Crippen molar-refractivity contribution in [1.29, 1.82) is 0 Å². The Morgan fingerprint density at radius 1 is 1.04 bits per heavy atom. The largest absolute Gasteiger partial charge is 0.295 e. The van der Waals surface area contributed by atoms with Crippen LogP contribution in [0.4, 0.5) is 0 Å². The third kappa shape index (κ3) is 5.58.